The molecule has 0 aliphatic rings. The monoisotopic (exact) mass is 283 g/mol. The smallest absolute Gasteiger partial charge is 0.209 e. The van der Waals surface area contributed by atoms with E-state index in [2.05, 4.69) is 10.2 Å². The van der Waals surface area contributed by atoms with Crippen LogP contribution in [0, 0.1) is 4.91 Å². The first kappa shape index (κ1) is 13.3. The van der Waals surface area contributed by atoms with Crippen LogP contribution in [0.2, 0.25) is 0 Å². The standard InChI is InChI=1S/C15H13N3O3/c1-21-12-4-2-3-11(7-12)14-15(17-20)18-8-10(9-19)5-6-13(18)16-14/h2-8,19H,9H2,1H3. The number of nitrogens with zero attached hydrogens (tertiary/aromatic N) is 3. The van der Waals surface area contributed by atoms with E-state index in [0.717, 1.165) is 5.56 Å². The molecule has 21 heavy (non-hydrogen) atoms. The topological polar surface area (TPSA) is 76.2 Å². The molecule has 0 radical (unpaired) electrons. The maximum absolute atomic E-state index is 11.2. The molecule has 0 saturated carbocycles. The number of benzene rings is 1. The highest BCUT2D eigenvalue weighted by Crippen LogP contribution is 2.32. The number of nitroso groups, excluding NO2 is 1. The summed E-state index contributed by atoms with van der Waals surface area (Å²) in [5.74, 6) is 0.881. The van der Waals surface area contributed by atoms with Crippen molar-refractivity contribution >= 4 is 11.5 Å². The number of aliphatic hydroxyl groups is 1. The second-order valence-electron chi connectivity index (χ2n) is 4.53. The Morgan fingerprint density at radius 3 is 2.90 bits per heavy atom. The van der Waals surface area contributed by atoms with Crippen molar-refractivity contribution < 1.29 is 9.84 Å². The normalized spacial score (nSPS) is 10.8. The molecule has 0 aliphatic heterocycles. The van der Waals surface area contributed by atoms with E-state index in [4.69, 9.17) is 4.74 Å². The molecule has 2 heterocycles. The summed E-state index contributed by atoms with van der Waals surface area (Å²) in [5.41, 5.74) is 2.51. The molecule has 0 unspecified atom stereocenters. The van der Waals surface area contributed by atoms with Gasteiger partial charge in [-0.1, -0.05) is 18.2 Å². The van der Waals surface area contributed by atoms with Crippen LogP contribution in [0.25, 0.3) is 16.9 Å². The molecule has 1 aromatic carbocycles. The third-order valence-corrected chi connectivity index (χ3v) is 3.27. The lowest BCUT2D eigenvalue weighted by atomic mass is 10.1. The number of hydrogen-bond donors (Lipinski definition) is 1. The Morgan fingerprint density at radius 1 is 1.33 bits per heavy atom. The fourth-order valence-electron chi connectivity index (χ4n) is 2.22. The second-order valence-corrected chi connectivity index (χ2v) is 4.53. The maximum atomic E-state index is 11.2. The quantitative estimate of drug-likeness (QED) is 0.747. The van der Waals surface area contributed by atoms with Gasteiger partial charge >= 0.3 is 0 Å². The molecule has 3 rings (SSSR count). The van der Waals surface area contributed by atoms with Gasteiger partial charge in [0.05, 0.1) is 13.7 Å². The largest absolute Gasteiger partial charge is 0.497 e. The molecular weight excluding hydrogens is 270 g/mol. The molecule has 106 valence electrons. The molecule has 2 aromatic heterocycles. The minimum atomic E-state index is -0.110. The lowest BCUT2D eigenvalue weighted by molar-refractivity contribution is 0.281. The Morgan fingerprint density at radius 2 is 2.19 bits per heavy atom. The summed E-state index contributed by atoms with van der Waals surface area (Å²) in [5, 5.41) is 12.3. The summed E-state index contributed by atoms with van der Waals surface area (Å²) >= 11 is 0. The van der Waals surface area contributed by atoms with E-state index >= 15 is 0 Å². The fourth-order valence-corrected chi connectivity index (χ4v) is 2.22. The summed E-state index contributed by atoms with van der Waals surface area (Å²) in [6, 6.07) is 10.8. The van der Waals surface area contributed by atoms with E-state index in [1.165, 1.54) is 0 Å². The average molecular weight is 283 g/mol. The summed E-state index contributed by atoms with van der Waals surface area (Å²) < 4.78 is 6.76. The van der Waals surface area contributed by atoms with Crippen molar-refractivity contribution in [2.75, 3.05) is 7.11 Å². The molecule has 0 atom stereocenters. The average Bonchev–Trinajstić information content (AvgIpc) is 2.92. The number of aliphatic hydroxyl groups excluding tert-OH is 1. The fraction of sp³-hybridized carbons (Fsp3) is 0.133. The number of rotatable bonds is 4. The second kappa shape index (κ2) is 5.34. The first-order valence-corrected chi connectivity index (χ1v) is 6.36. The highest BCUT2D eigenvalue weighted by molar-refractivity contribution is 5.75. The van der Waals surface area contributed by atoms with Crippen LogP contribution < -0.4 is 4.74 Å². The van der Waals surface area contributed by atoms with Gasteiger partial charge in [0.1, 0.15) is 17.1 Å². The lowest BCUT2D eigenvalue weighted by Crippen LogP contribution is -1.89. The minimum absolute atomic E-state index is 0.110. The van der Waals surface area contributed by atoms with Crippen molar-refractivity contribution in [3.05, 3.63) is 53.1 Å². The van der Waals surface area contributed by atoms with Crippen molar-refractivity contribution in [1.82, 2.24) is 9.38 Å². The van der Waals surface area contributed by atoms with Gasteiger partial charge < -0.3 is 9.84 Å². The van der Waals surface area contributed by atoms with Crippen LogP contribution in [0.5, 0.6) is 5.75 Å². The van der Waals surface area contributed by atoms with Crippen LogP contribution in [0.15, 0.2) is 47.8 Å². The van der Waals surface area contributed by atoms with E-state index in [0.29, 0.717) is 22.7 Å². The Hall–Kier alpha value is -2.73. The van der Waals surface area contributed by atoms with Crippen LogP contribution in [-0.2, 0) is 6.61 Å². The third-order valence-electron chi connectivity index (χ3n) is 3.27. The number of imidazole rings is 1. The van der Waals surface area contributed by atoms with Gasteiger partial charge in [-0.05, 0) is 28.9 Å². The van der Waals surface area contributed by atoms with Gasteiger partial charge in [-0.3, -0.25) is 4.40 Å². The Labute approximate surface area is 120 Å². The summed E-state index contributed by atoms with van der Waals surface area (Å²) in [7, 11) is 1.58. The van der Waals surface area contributed by atoms with Gasteiger partial charge in [0.15, 0.2) is 0 Å². The maximum Gasteiger partial charge on any atom is 0.209 e. The van der Waals surface area contributed by atoms with Crippen molar-refractivity contribution in [3.63, 3.8) is 0 Å². The molecule has 0 fully saturated rings. The Balaban J connectivity index is 2.24. The summed E-state index contributed by atoms with van der Waals surface area (Å²) in [4.78, 5) is 15.7. The molecule has 1 N–H and O–H groups in total. The summed E-state index contributed by atoms with van der Waals surface area (Å²) in [6.45, 7) is -0.110. The van der Waals surface area contributed by atoms with Crippen LogP contribution in [0.3, 0.4) is 0 Å². The number of aromatic nitrogens is 2. The number of pyridine rings is 1. The van der Waals surface area contributed by atoms with Crippen molar-refractivity contribution in [3.8, 4) is 17.0 Å². The van der Waals surface area contributed by atoms with Gasteiger partial charge in [-0.25, -0.2) is 4.98 Å². The van der Waals surface area contributed by atoms with Gasteiger partial charge in [-0.15, -0.1) is 4.91 Å². The van der Waals surface area contributed by atoms with Crippen LogP contribution in [0.1, 0.15) is 5.56 Å². The van der Waals surface area contributed by atoms with Gasteiger partial charge in [-0.2, -0.15) is 0 Å². The zero-order valence-electron chi connectivity index (χ0n) is 11.4. The summed E-state index contributed by atoms with van der Waals surface area (Å²) in [6.07, 6.45) is 1.66. The predicted octanol–water partition coefficient (Wildman–Crippen LogP) is 2.90. The Bertz CT molecular complexity index is 811. The minimum Gasteiger partial charge on any atom is -0.497 e. The number of ether oxygens (including phenoxy) is 1. The third kappa shape index (κ3) is 2.25. The molecule has 0 aliphatic carbocycles. The molecule has 6 nitrogen and oxygen atoms in total. The SMILES string of the molecule is COc1cccc(-c2nc3ccc(CO)cn3c2N=O)c1. The van der Waals surface area contributed by atoms with E-state index < -0.39 is 0 Å². The van der Waals surface area contributed by atoms with E-state index in [1.807, 2.05) is 18.2 Å². The van der Waals surface area contributed by atoms with Crippen molar-refractivity contribution in [2.24, 2.45) is 5.18 Å². The van der Waals surface area contributed by atoms with Gasteiger partial charge in [0, 0.05) is 11.8 Å². The lowest BCUT2D eigenvalue weighted by Gasteiger charge is -2.02. The first-order chi connectivity index (χ1) is 10.3. The first-order valence-electron chi connectivity index (χ1n) is 6.36. The number of fused-ring (bicyclic) bond motifs is 1. The van der Waals surface area contributed by atoms with Crippen LogP contribution >= 0.6 is 0 Å². The highest BCUT2D eigenvalue weighted by Gasteiger charge is 2.15. The molecule has 6 heteroatoms. The molecule has 3 aromatic rings. The molecule has 0 spiro atoms. The zero-order valence-corrected chi connectivity index (χ0v) is 11.4. The van der Waals surface area contributed by atoms with E-state index in [-0.39, 0.29) is 12.4 Å². The van der Waals surface area contributed by atoms with Gasteiger partial charge in [0.25, 0.3) is 0 Å². The van der Waals surface area contributed by atoms with Crippen LogP contribution in [0.4, 0.5) is 5.82 Å². The van der Waals surface area contributed by atoms with E-state index in [9.17, 15) is 10.0 Å². The molecule has 0 bridgehead atoms. The molecule has 0 saturated heterocycles. The molecular formula is C15H13N3O3. The van der Waals surface area contributed by atoms with E-state index in [1.54, 1.807) is 35.9 Å². The van der Waals surface area contributed by atoms with Crippen molar-refractivity contribution in [1.29, 1.82) is 0 Å². The Kier molecular flexibility index (Phi) is 3.37. The zero-order chi connectivity index (χ0) is 14.8. The molecule has 0 amide bonds. The number of methoxy groups -OCH3 is 1. The van der Waals surface area contributed by atoms with Crippen LogP contribution in [-0.4, -0.2) is 21.6 Å². The number of hydrogen-bond acceptors (Lipinski definition) is 5. The van der Waals surface area contributed by atoms with Crippen molar-refractivity contribution in [2.45, 2.75) is 6.61 Å². The van der Waals surface area contributed by atoms with Gasteiger partial charge in [0.2, 0.25) is 5.82 Å². The predicted molar refractivity (Wildman–Crippen MR) is 78.6 cm³/mol. The highest BCUT2D eigenvalue weighted by atomic mass is 16.5.